The topological polar surface area (TPSA) is 78.9 Å². The number of carbonyl (C=O) groups excluding carboxylic acids is 1. The zero-order valence-electron chi connectivity index (χ0n) is 8.73. The van der Waals surface area contributed by atoms with Crippen LogP contribution < -0.4 is 5.32 Å². The van der Waals surface area contributed by atoms with Crippen LogP contribution in [0.5, 0.6) is 0 Å². The summed E-state index contributed by atoms with van der Waals surface area (Å²) in [5, 5.41) is 11.3. The maximum atomic E-state index is 10.9. The summed E-state index contributed by atoms with van der Waals surface area (Å²) in [6.07, 6.45) is 0.975. The van der Waals surface area contributed by atoms with Crippen molar-refractivity contribution in [3.05, 3.63) is 0 Å². The summed E-state index contributed by atoms with van der Waals surface area (Å²) in [6, 6.07) is 0. The van der Waals surface area contributed by atoms with E-state index in [0.29, 0.717) is 13.0 Å². The quantitative estimate of drug-likeness (QED) is 0.708. The molecule has 2 N–H and O–H groups in total. The van der Waals surface area contributed by atoms with E-state index in [-0.39, 0.29) is 12.5 Å². The fourth-order valence-corrected chi connectivity index (χ4v) is 1.54. The number of carboxylic acid groups (broad SMARTS) is 1. The van der Waals surface area contributed by atoms with Gasteiger partial charge in [0.1, 0.15) is 12.8 Å². The van der Waals surface area contributed by atoms with Crippen molar-refractivity contribution in [2.24, 2.45) is 0 Å². The molecule has 1 saturated heterocycles. The van der Waals surface area contributed by atoms with Gasteiger partial charge in [0, 0.05) is 13.6 Å². The summed E-state index contributed by atoms with van der Waals surface area (Å²) in [5.41, 5.74) is 0. The molecular formula is C9H16N2O4. The molecule has 0 bridgehead atoms. The zero-order chi connectivity index (χ0) is 11.3. The van der Waals surface area contributed by atoms with E-state index >= 15 is 0 Å². The fourth-order valence-electron chi connectivity index (χ4n) is 1.54. The number of hydrogen-bond acceptors (Lipinski definition) is 3. The number of piperidine rings is 1. The standard InChI is InChI=1S/C9H16N2O4/c1-10-7(12)6-15-8-4-2-3-5-11(8)9(13)14/h8H,2-6H2,1H3,(H,10,12)(H,13,14). The monoisotopic (exact) mass is 216 g/mol. The molecule has 1 fully saturated rings. The SMILES string of the molecule is CNC(=O)COC1CCCCN1C(=O)O. The molecule has 6 nitrogen and oxygen atoms in total. The fraction of sp³-hybridized carbons (Fsp3) is 0.778. The van der Waals surface area contributed by atoms with Gasteiger partial charge < -0.3 is 15.2 Å². The van der Waals surface area contributed by atoms with E-state index in [4.69, 9.17) is 9.84 Å². The first-order chi connectivity index (χ1) is 7.15. The van der Waals surface area contributed by atoms with Crippen LogP contribution in [0.4, 0.5) is 4.79 Å². The van der Waals surface area contributed by atoms with Gasteiger partial charge in [0.25, 0.3) is 0 Å². The third-order valence-corrected chi connectivity index (χ3v) is 2.38. The number of carbonyl (C=O) groups is 2. The molecule has 86 valence electrons. The van der Waals surface area contributed by atoms with Gasteiger partial charge in [-0.25, -0.2) is 4.79 Å². The molecule has 0 radical (unpaired) electrons. The molecular weight excluding hydrogens is 200 g/mol. The van der Waals surface area contributed by atoms with Crippen molar-refractivity contribution in [2.75, 3.05) is 20.2 Å². The Morgan fingerprint density at radius 1 is 1.53 bits per heavy atom. The molecule has 0 aromatic rings. The van der Waals surface area contributed by atoms with Gasteiger partial charge in [-0.1, -0.05) is 0 Å². The highest BCUT2D eigenvalue weighted by Gasteiger charge is 2.27. The van der Waals surface area contributed by atoms with Crippen molar-refractivity contribution in [2.45, 2.75) is 25.5 Å². The first kappa shape index (κ1) is 11.8. The third kappa shape index (κ3) is 3.39. The Morgan fingerprint density at radius 2 is 2.27 bits per heavy atom. The molecule has 1 heterocycles. The van der Waals surface area contributed by atoms with Crippen molar-refractivity contribution in [1.29, 1.82) is 0 Å². The van der Waals surface area contributed by atoms with Crippen LogP contribution in [0, 0.1) is 0 Å². The van der Waals surface area contributed by atoms with Gasteiger partial charge in [0.05, 0.1) is 0 Å². The second-order valence-corrected chi connectivity index (χ2v) is 3.41. The molecule has 2 amide bonds. The minimum atomic E-state index is -0.989. The van der Waals surface area contributed by atoms with E-state index in [0.717, 1.165) is 12.8 Å². The maximum absolute atomic E-state index is 10.9. The number of hydrogen-bond donors (Lipinski definition) is 2. The molecule has 1 unspecified atom stereocenters. The Morgan fingerprint density at radius 3 is 2.87 bits per heavy atom. The van der Waals surface area contributed by atoms with Gasteiger partial charge >= 0.3 is 6.09 Å². The average molecular weight is 216 g/mol. The summed E-state index contributed by atoms with van der Waals surface area (Å²) < 4.78 is 5.24. The van der Waals surface area contributed by atoms with Crippen molar-refractivity contribution >= 4 is 12.0 Å². The molecule has 15 heavy (non-hydrogen) atoms. The first-order valence-corrected chi connectivity index (χ1v) is 4.97. The van der Waals surface area contributed by atoms with Crippen molar-refractivity contribution in [1.82, 2.24) is 10.2 Å². The van der Waals surface area contributed by atoms with Crippen LogP contribution in [0.1, 0.15) is 19.3 Å². The number of likely N-dealkylation sites (tertiary alicyclic amines) is 1. The largest absolute Gasteiger partial charge is 0.465 e. The van der Waals surface area contributed by atoms with Crippen molar-refractivity contribution in [3.8, 4) is 0 Å². The van der Waals surface area contributed by atoms with Crippen LogP contribution in [0.25, 0.3) is 0 Å². The second-order valence-electron chi connectivity index (χ2n) is 3.41. The molecule has 6 heteroatoms. The van der Waals surface area contributed by atoms with E-state index in [1.807, 2.05) is 0 Å². The van der Waals surface area contributed by atoms with Crippen LogP contribution in [0.15, 0.2) is 0 Å². The maximum Gasteiger partial charge on any atom is 0.409 e. The van der Waals surface area contributed by atoms with Gasteiger partial charge in [-0.2, -0.15) is 0 Å². The Hall–Kier alpha value is -1.30. The Kier molecular flexibility index (Phi) is 4.36. The average Bonchev–Trinajstić information content (AvgIpc) is 2.26. The van der Waals surface area contributed by atoms with E-state index in [2.05, 4.69) is 5.32 Å². The summed E-state index contributed by atoms with van der Waals surface area (Å²) in [6.45, 7) is 0.388. The number of nitrogens with one attached hydrogen (secondary N) is 1. The summed E-state index contributed by atoms with van der Waals surface area (Å²) in [7, 11) is 1.52. The van der Waals surface area contributed by atoms with Gasteiger partial charge in [0.15, 0.2) is 0 Å². The predicted octanol–water partition coefficient (Wildman–Crippen LogP) is 0.239. The lowest BCUT2D eigenvalue weighted by molar-refractivity contribution is -0.133. The van der Waals surface area contributed by atoms with Crippen molar-refractivity contribution in [3.63, 3.8) is 0 Å². The molecule has 0 spiro atoms. The normalized spacial score (nSPS) is 21.1. The van der Waals surface area contributed by atoms with Crippen LogP contribution >= 0.6 is 0 Å². The Bertz CT molecular complexity index is 244. The predicted molar refractivity (Wildman–Crippen MR) is 52.4 cm³/mol. The van der Waals surface area contributed by atoms with Crippen LogP contribution in [0.2, 0.25) is 0 Å². The van der Waals surface area contributed by atoms with Gasteiger partial charge in [-0.15, -0.1) is 0 Å². The highest BCUT2D eigenvalue weighted by Crippen LogP contribution is 2.17. The highest BCUT2D eigenvalue weighted by atomic mass is 16.5. The summed E-state index contributed by atoms with van der Waals surface area (Å²) >= 11 is 0. The van der Waals surface area contributed by atoms with E-state index in [1.165, 1.54) is 11.9 Å². The zero-order valence-corrected chi connectivity index (χ0v) is 8.73. The molecule has 0 aliphatic carbocycles. The number of nitrogens with zero attached hydrogens (tertiary/aromatic N) is 1. The number of ether oxygens (including phenoxy) is 1. The lowest BCUT2D eigenvalue weighted by Gasteiger charge is -2.32. The molecule has 0 aromatic carbocycles. The van der Waals surface area contributed by atoms with Gasteiger partial charge in [-0.05, 0) is 19.3 Å². The number of rotatable bonds is 3. The molecule has 1 aliphatic heterocycles. The summed E-state index contributed by atoms with van der Waals surface area (Å²) in [5.74, 6) is -0.245. The first-order valence-electron chi connectivity index (χ1n) is 4.97. The minimum Gasteiger partial charge on any atom is -0.465 e. The molecule has 1 atom stereocenters. The summed E-state index contributed by atoms with van der Waals surface area (Å²) in [4.78, 5) is 23.0. The Balaban J connectivity index is 2.42. The molecule has 0 aromatic heterocycles. The molecule has 1 aliphatic rings. The number of amides is 2. The van der Waals surface area contributed by atoms with Gasteiger partial charge in [-0.3, -0.25) is 9.69 Å². The van der Waals surface area contributed by atoms with Crippen molar-refractivity contribution < 1.29 is 19.4 Å². The minimum absolute atomic E-state index is 0.0923. The van der Waals surface area contributed by atoms with E-state index in [9.17, 15) is 9.59 Å². The van der Waals surface area contributed by atoms with E-state index < -0.39 is 12.3 Å². The Labute approximate surface area is 88.2 Å². The number of likely N-dealkylation sites (N-methyl/N-ethyl adjacent to an activating group) is 1. The molecule has 0 saturated carbocycles. The van der Waals surface area contributed by atoms with Crippen LogP contribution in [-0.2, 0) is 9.53 Å². The third-order valence-electron chi connectivity index (χ3n) is 2.38. The lowest BCUT2D eigenvalue weighted by atomic mass is 10.1. The molecule has 1 rings (SSSR count). The second kappa shape index (κ2) is 5.55. The smallest absolute Gasteiger partial charge is 0.409 e. The van der Waals surface area contributed by atoms with Crippen LogP contribution in [0.3, 0.4) is 0 Å². The van der Waals surface area contributed by atoms with Crippen LogP contribution in [-0.4, -0.2) is 48.4 Å². The highest BCUT2D eigenvalue weighted by molar-refractivity contribution is 5.76. The van der Waals surface area contributed by atoms with Gasteiger partial charge in [0.2, 0.25) is 5.91 Å². The van der Waals surface area contributed by atoms with E-state index in [1.54, 1.807) is 0 Å². The lowest BCUT2D eigenvalue weighted by Crippen LogP contribution is -2.45.